The van der Waals surface area contributed by atoms with Crippen LogP contribution in [0.5, 0.6) is 0 Å². The van der Waals surface area contributed by atoms with Crippen molar-refractivity contribution in [2.75, 3.05) is 24.4 Å². The van der Waals surface area contributed by atoms with Gasteiger partial charge in [-0.25, -0.2) is 9.97 Å². The molecule has 0 aliphatic heterocycles. The number of hydrogen-bond donors (Lipinski definition) is 0. The van der Waals surface area contributed by atoms with Crippen LogP contribution in [-0.2, 0) is 12.8 Å². The number of aryl methyl sites for hydroxylation is 1. The van der Waals surface area contributed by atoms with E-state index in [1.807, 2.05) is 0 Å². The molecule has 1 heterocycles. The third-order valence-corrected chi connectivity index (χ3v) is 4.11. The van der Waals surface area contributed by atoms with Crippen molar-refractivity contribution in [1.82, 2.24) is 9.97 Å². The van der Waals surface area contributed by atoms with Gasteiger partial charge in [-0.2, -0.15) is 0 Å². The van der Waals surface area contributed by atoms with Gasteiger partial charge < -0.3 is 4.90 Å². The van der Waals surface area contributed by atoms with Gasteiger partial charge in [0.1, 0.15) is 12.1 Å². The Balaban J connectivity index is 2.02. The van der Waals surface area contributed by atoms with Gasteiger partial charge in [-0.05, 0) is 38.5 Å². The standard InChI is InChI=1S/C15H24ClN3/c1-19(11-7-3-6-10-16)15-13-8-4-2-5-9-14(13)17-12-18-15/h12H,2-11H2,1H3. The lowest BCUT2D eigenvalue weighted by atomic mass is 10.1. The fourth-order valence-corrected chi connectivity index (χ4v) is 2.92. The van der Waals surface area contributed by atoms with E-state index in [2.05, 4.69) is 21.9 Å². The third-order valence-electron chi connectivity index (χ3n) is 3.84. The van der Waals surface area contributed by atoms with Gasteiger partial charge in [0.15, 0.2) is 0 Å². The molecule has 0 saturated carbocycles. The highest BCUT2D eigenvalue weighted by Crippen LogP contribution is 2.25. The van der Waals surface area contributed by atoms with Crippen LogP contribution in [0.4, 0.5) is 5.82 Å². The summed E-state index contributed by atoms with van der Waals surface area (Å²) >= 11 is 5.71. The van der Waals surface area contributed by atoms with E-state index in [1.165, 1.54) is 43.4 Å². The highest BCUT2D eigenvalue weighted by molar-refractivity contribution is 6.17. The Hall–Kier alpha value is -0.830. The molecule has 19 heavy (non-hydrogen) atoms. The van der Waals surface area contributed by atoms with E-state index in [9.17, 15) is 0 Å². The Bertz CT molecular complexity index is 395. The molecule has 2 rings (SSSR count). The molecule has 0 fully saturated rings. The zero-order valence-corrected chi connectivity index (χ0v) is 12.6. The summed E-state index contributed by atoms with van der Waals surface area (Å²) in [4.78, 5) is 11.3. The minimum Gasteiger partial charge on any atom is -0.359 e. The van der Waals surface area contributed by atoms with Crippen LogP contribution in [-0.4, -0.2) is 29.4 Å². The van der Waals surface area contributed by atoms with Crippen molar-refractivity contribution in [2.24, 2.45) is 0 Å². The van der Waals surface area contributed by atoms with E-state index >= 15 is 0 Å². The van der Waals surface area contributed by atoms with Gasteiger partial charge >= 0.3 is 0 Å². The largest absolute Gasteiger partial charge is 0.359 e. The molecule has 3 nitrogen and oxygen atoms in total. The maximum Gasteiger partial charge on any atom is 0.135 e. The van der Waals surface area contributed by atoms with Crippen LogP contribution in [0.2, 0.25) is 0 Å². The molecule has 0 bridgehead atoms. The number of rotatable bonds is 6. The second-order valence-corrected chi connectivity index (χ2v) is 5.73. The van der Waals surface area contributed by atoms with E-state index < -0.39 is 0 Å². The molecule has 0 aromatic carbocycles. The predicted molar refractivity (Wildman–Crippen MR) is 81.1 cm³/mol. The molecule has 106 valence electrons. The van der Waals surface area contributed by atoms with Gasteiger partial charge in [-0.3, -0.25) is 0 Å². The van der Waals surface area contributed by atoms with Crippen LogP contribution < -0.4 is 4.90 Å². The lowest BCUT2D eigenvalue weighted by molar-refractivity contribution is 0.697. The van der Waals surface area contributed by atoms with Gasteiger partial charge in [-0.1, -0.05) is 12.8 Å². The number of fused-ring (bicyclic) bond motifs is 1. The second kappa shape index (κ2) is 7.68. The SMILES string of the molecule is CN(CCCCCCl)c1ncnc2c1CCCCC2. The first-order valence-corrected chi connectivity index (χ1v) is 7.96. The van der Waals surface area contributed by atoms with Crippen LogP contribution in [0.15, 0.2) is 6.33 Å². The summed E-state index contributed by atoms with van der Waals surface area (Å²) in [5, 5.41) is 0. The molecule has 0 atom stereocenters. The molecular weight excluding hydrogens is 258 g/mol. The molecular formula is C15H24ClN3. The average Bonchev–Trinajstić information content (AvgIpc) is 2.68. The smallest absolute Gasteiger partial charge is 0.135 e. The molecule has 1 aliphatic carbocycles. The van der Waals surface area contributed by atoms with Crippen LogP contribution in [0.1, 0.15) is 49.8 Å². The molecule has 1 aliphatic rings. The van der Waals surface area contributed by atoms with Crippen molar-refractivity contribution >= 4 is 17.4 Å². The Kier molecular flexibility index (Phi) is 5.90. The Morgan fingerprint density at radius 3 is 2.79 bits per heavy atom. The average molecular weight is 282 g/mol. The maximum absolute atomic E-state index is 5.71. The monoisotopic (exact) mass is 281 g/mol. The molecule has 0 N–H and O–H groups in total. The third kappa shape index (κ3) is 4.07. The van der Waals surface area contributed by atoms with Crippen LogP contribution in [0.25, 0.3) is 0 Å². The summed E-state index contributed by atoms with van der Waals surface area (Å²) in [5.41, 5.74) is 2.66. The van der Waals surface area contributed by atoms with Gasteiger partial charge in [0.2, 0.25) is 0 Å². The topological polar surface area (TPSA) is 29.0 Å². The summed E-state index contributed by atoms with van der Waals surface area (Å²) in [6, 6.07) is 0. The summed E-state index contributed by atoms with van der Waals surface area (Å²) in [6.45, 7) is 1.06. The molecule has 0 amide bonds. The van der Waals surface area contributed by atoms with Crippen LogP contribution >= 0.6 is 11.6 Å². The summed E-state index contributed by atoms with van der Waals surface area (Å²) < 4.78 is 0. The van der Waals surface area contributed by atoms with E-state index in [0.717, 1.165) is 37.5 Å². The van der Waals surface area contributed by atoms with Crippen molar-refractivity contribution in [3.63, 3.8) is 0 Å². The lowest BCUT2D eigenvalue weighted by Crippen LogP contribution is -2.22. The van der Waals surface area contributed by atoms with Crippen molar-refractivity contribution < 1.29 is 0 Å². The number of aromatic nitrogens is 2. The predicted octanol–water partition coefficient (Wildman–Crippen LogP) is 3.59. The molecule has 0 unspecified atom stereocenters. The van der Waals surface area contributed by atoms with E-state index in [0.29, 0.717) is 0 Å². The van der Waals surface area contributed by atoms with Gasteiger partial charge in [0.05, 0.1) is 0 Å². The fourth-order valence-electron chi connectivity index (χ4n) is 2.74. The van der Waals surface area contributed by atoms with Crippen molar-refractivity contribution in [1.29, 1.82) is 0 Å². The van der Waals surface area contributed by atoms with Crippen molar-refractivity contribution in [3.8, 4) is 0 Å². The summed E-state index contributed by atoms with van der Waals surface area (Å²) in [5.74, 6) is 1.92. The lowest BCUT2D eigenvalue weighted by Gasteiger charge is -2.21. The molecule has 1 aromatic heterocycles. The van der Waals surface area contributed by atoms with Crippen molar-refractivity contribution in [2.45, 2.75) is 51.4 Å². The number of alkyl halides is 1. The molecule has 0 spiro atoms. The van der Waals surface area contributed by atoms with Crippen LogP contribution in [0, 0.1) is 0 Å². The van der Waals surface area contributed by atoms with Gasteiger partial charge in [-0.15, -0.1) is 11.6 Å². The summed E-state index contributed by atoms with van der Waals surface area (Å²) in [7, 11) is 2.15. The van der Waals surface area contributed by atoms with Crippen LogP contribution in [0.3, 0.4) is 0 Å². The zero-order valence-electron chi connectivity index (χ0n) is 11.9. The quantitative estimate of drug-likeness (QED) is 0.453. The number of halogens is 1. The van der Waals surface area contributed by atoms with E-state index in [4.69, 9.17) is 11.6 Å². The molecule has 1 aromatic rings. The minimum absolute atomic E-state index is 0.770. The number of hydrogen-bond acceptors (Lipinski definition) is 3. The first-order valence-electron chi connectivity index (χ1n) is 7.43. The van der Waals surface area contributed by atoms with Crippen molar-refractivity contribution in [3.05, 3.63) is 17.6 Å². The number of nitrogens with zero attached hydrogens (tertiary/aromatic N) is 3. The van der Waals surface area contributed by atoms with Gasteiger partial charge in [0.25, 0.3) is 0 Å². The van der Waals surface area contributed by atoms with E-state index in [-0.39, 0.29) is 0 Å². The fraction of sp³-hybridized carbons (Fsp3) is 0.733. The normalized spacial score (nSPS) is 14.8. The highest BCUT2D eigenvalue weighted by Gasteiger charge is 2.16. The first kappa shape index (κ1) is 14.6. The zero-order chi connectivity index (χ0) is 13.5. The minimum atomic E-state index is 0.770. The van der Waals surface area contributed by atoms with Gasteiger partial charge in [0, 0.05) is 30.7 Å². The Morgan fingerprint density at radius 2 is 1.95 bits per heavy atom. The Morgan fingerprint density at radius 1 is 1.11 bits per heavy atom. The molecule has 0 saturated heterocycles. The highest BCUT2D eigenvalue weighted by atomic mass is 35.5. The summed E-state index contributed by atoms with van der Waals surface area (Å²) in [6.07, 6.45) is 11.3. The number of unbranched alkanes of at least 4 members (excludes halogenated alkanes) is 2. The second-order valence-electron chi connectivity index (χ2n) is 5.35. The maximum atomic E-state index is 5.71. The first-order chi connectivity index (χ1) is 9.33. The van der Waals surface area contributed by atoms with E-state index in [1.54, 1.807) is 6.33 Å². The number of anilines is 1. The Labute approximate surface area is 121 Å². The molecule has 0 radical (unpaired) electrons. The molecule has 4 heteroatoms.